The molecule has 0 aliphatic carbocycles. The Balaban J connectivity index is 1.74. The number of carbonyl (C=O) groups is 1. The molecular weight excluding hydrogens is 316 g/mol. The van der Waals surface area contributed by atoms with Crippen LogP contribution in [-0.4, -0.2) is 30.4 Å². The summed E-state index contributed by atoms with van der Waals surface area (Å²) in [7, 11) is 0. The van der Waals surface area contributed by atoms with Gasteiger partial charge < -0.3 is 5.32 Å². The average molecular weight is 335 g/mol. The van der Waals surface area contributed by atoms with E-state index in [1.54, 1.807) is 0 Å². The number of benzene rings is 1. The number of nitrogens with zero attached hydrogens (tertiary/aromatic N) is 1. The minimum Gasteiger partial charge on any atom is -0.349 e. The number of hydrogen-bond acceptors (Lipinski definition) is 3. The zero-order valence-corrected chi connectivity index (χ0v) is 13.9. The maximum absolute atomic E-state index is 12.2. The predicted octanol–water partition coefficient (Wildman–Crippen LogP) is 3.97. The van der Waals surface area contributed by atoms with Crippen LogP contribution in [0.3, 0.4) is 0 Å². The lowest BCUT2D eigenvalue weighted by molar-refractivity contribution is 0.0942. The Hall–Kier alpha value is -1.36. The fraction of sp³-hybridized carbons (Fsp3) is 0.353. The lowest BCUT2D eigenvalue weighted by atomic mass is 10.1. The molecule has 0 spiro atoms. The Morgan fingerprint density at radius 2 is 2.00 bits per heavy atom. The topological polar surface area (TPSA) is 32.3 Å². The van der Waals surface area contributed by atoms with E-state index in [0.717, 1.165) is 28.6 Å². The molecule has 1 atom stereocenters. The molecule has 3 rings (SSSR count). The smallest absolute Gasteiger partial charge is 0.261 e. The van der Waals surface area contributed by atoms with Crippen LogP contribution >= 0.6 is 22.9 Å². The molecule has 1 aromatic heterocycles. The molecule has 0 unspecified atom stereocenters. The summed E-state index contributed by atoms with van der Waals surface area (Å²) in [5, 5.41) is 5.74. The first kappa shape index (κ1) is 15.5. The van der Waals surface area contributed by atoms with E-state index in [1.807, 2.05) is 35.7 Å². The van der Waals surface area contributed by atoms with Crippen molar-refractivity contribution < 1.29 is 4.79 Å². The van der Waals surface area contributed by atoms with Gasteiger partial charge in [-0.25, -0.2) is 0 Å². The monoisotopic (exact) mass is 334 g/mol. The van der Waals surface area contributed by atoms with E-state index in [9.17, 15) is 4.79 Å². The molecule has 0 saturated carbocycles. The predicted molar refractivity (Wildman–Crippen MR) is 91.7 cm³/mol. The molecule has 2 heterocycles. The summed E-state index contributed by atoms with van der Waals surface area (Å²) in [5.41, 5.74) is 1.09. The third-order valence-electron chi connectivity index (χ3n) is 4.05. The molecule has 3 nitrogen and oxygen atoms in total. The van der Waals surface area contributed by atoms with E-state index in [1.165, 1.54) is 24.2 Å². The van der Waals surface area contributed by atoms with Gasteiger partial charge in [0.2, 0.25) is 0 Å². The molecular formula is C17H19ClN2OS. The Kier molecular flexibility index (Phi) is 5.13. The number of amides is 1. The number of carbonyl (C=O) groups excluding carboxylic acids is 1. The SMILES string of the molecule is O=C(NC[C@@H](c1ccccc1Cl)N1CCCC1)c1cccs1. The normalized spacial score (nSPS) is 16.6. The maximum Gasteiger partial charge on any atom is 0.261 e. The third-order valence-corrected chi connectivity index (χ3v) is 5.26. The number of likely N-dealkylation sites (tertiary alicyclic amines) is 1. The number of hydrogen-bond donors (Lipinski definition) is 1. The van der Waals surface area contributed by atoms with E-state index >= 15 is 0 Å². The lowest BCUT2D eigenvalue weighted by Crippen LogP contribution is -2.36. The number of halogens is 1. The Bertz CT molecular complexity index is 623. The van der Waals surface area contributed by atoms with E-state index in [0.29, 0.717) is 6.54 Å². The van der Waals surface area contributed by atoms with Crippen LogP contribution in [0.15, 0.2) is 41.8 Å². The van der Waals surface area contributed by atoms with Gasteiger partial charge in [0, 0.05) is 11.6 Å². The summed E-state index contributed by atoms with van der Waals surface area (Å²) < 4.78 is 0. The van der Waals surface area contributed by atoms with Gasteiger partial charge in [-0.05, 0) is 49.0 Å². The van der Waals surface area contributed by atoms with E-state index < -0.39 is 0 Å². The fourth-order valence-electron chi connectivity index (χ4n) is 2.92. The quantitative estimate of drug-likeness (QED) is 0.897. The van der Waals surface area contributed by atoms with Gasteiger partial charge in [-0.1, -0.05) is 35.9 Å². The largest absolute Gasteiger partial charge is 0.349 e. The molecule has 1 saturated heterocycles. The molecule has 5 heteroatoms. The van der Waals surface area contributed by atoms with Gasteiger partial charge in [0.15, 0.2) is 0 Å². The summed E-state index contributed by atoms with van der Waals surface area (Å²) in [6.07, 6.45) is 2.42. The summed E-state index contributed by atoms with van der Waals surface area (Å²) in [6.45, 7) is 2.70. The van der Waals surface area contributed by atoms with E-state index in [4.69, 9.17) is 11.6 Å². The van der Waals surface area contributed by atoms with Crippen LogP contribution < -0.4 is 5.32 Å². The minimum absolute atomic E-state index is 0.00810. The summed E-state index contributed by atoms with van der Waals surface area (Å²) in [6, 6.07) is 11.8. The van der Waals surface area contributed by atoms with Crippen LogP contribution in [0.25, 0.3) is 0 Å². The van der Waals surface area contributed by atoms with Crippen molar-refractivity contribution in [3.05, 3.63) is 57.2 Å². The first-order valence-electron chi connectivity index (χ1n) is 7.56. The van der Waals surface area contributed by atoms with Gasteiger partial charge in [-0.15, -0.1) is 11.3 Å². The highest BCUT2D eigenvalue weighted by molar-refractivity contribution is 7.12. The Morgan fingerprint density at radius 1 is 1.23 bits per heavy atom. The van der Waals surface area contributed by atoms with Crippen molar-refractivity contribution in [1.29, 1.82) is 0 Å². The third kappa shape index (κ3) is 3.51. The van der Waals surface area contributed by atoms with Crippen molar-refractivity contribution in [2.75, 3.05) is 19.6 Å². The average Bonchev–Trinajstić information content (AvgIpc) is 3.22. The fourth-order valence-corrected chi connectivity index (χ4v) is 3.82. The van der Waals surface area contributed by atoms with Crippen LogP contribution in [0.1, 0.15) is 34.1 Å². The van der Waals surface area contributed by atoms with E-state index in [2.05, 4.69) is 16.3 Å². The van der Waals surface area contributed by atoms with Gasteiger partial charge in [0.05, 0.1) is 10.9 Å². The van der Waals surface area contributed by atoms with Crippen molar-refractivity contribution in [1.82, 2.24) is 10.2 Å². The van der Waals surface area contributed by atoms with Crippen molar-refractivity contribution in [3.8, 4) is 0 Å². The van der Waals surface area contributed by atoms with Crippen LogP contribution in [-0.2, 0) is 0 Å². The number of rotatable bonds is 5. The standard InChI is InChI=1S/C17H19ClN2OS/c18-14-7-2-1-6-13(14)15(20-9-3-4-10-20)12-19-17(21)16-8-5-11-22-16/h1-2,5-8,11,15H,3-4,9-10,12H2,(H,19,21)/t15-/m0/s1. The molecule has 1 aliphatic heterocycles. The molecule has 22 heavy (non-hydrogen) atoms. The molecule has 1 N–H and O–H groups in total. The second kappa shape index (κ2) is 7.27. The van der Waals surface area contributed by atoms with Crippen LogP contribution in [0, 0.1) is 0 Å². The molecule has 1 aliphatic rings. The minimum atomic E-state index is -0.00810. The first-order chi connectivity index (χ1) is 10.8. The van der Waals surface area contributed by atoms with Crippen molar-refractivity contribution in [2.45, 2.75) is 18.9 Å². The van der Waals surface area contributed by atoms with Gasteiger partial charge in [-0.2, -0.15) is 0 Å². The molecule has 116 valence electrons. The maximum atomic E-state index is 12.2. The van der Waals surface area contributed by atoms with Crippen LogP contribution in [0.5, 0.6) is 0 Å². The van der Waals surface area contributed by atoms with Crippen molar-refractivity contribution >= 4 is 28.8 Å². The lowest BCUT2D eigenvalue weighted by Gasteiger charge is -2.28. The molecule has 0 bridgehead atoms. The summed E-state index contributed by atoms with van der Waals surface area (Å²) in [5.74, 6) is -0.00810. The van der Waals surface area contributed by atoms with Crippen molar-refractivity contribution in [2.24, 2.45) is 0 Å². The second-order valence-electron chi connectivity index (χ2n) is 5.47. The Labute approximate surface area is 139 Å². The first-order valence-corrected chi connectivity index (χ1v) is 8.81. The molecule has 1 amide bonds. The van der Waals surface area contributed by atoms with Crippen molar-refractivity contribution in [3.63, 3.8) is 0 Å². The Morgan fingerprint density at radius 3 is 2.68 bits per heavy atom. The second-order valence-corrected chi connectivity index (χ2v) is 6.82. The zero-order chi connectivity index (χ0) is 15.4. The highest BCUT2D eigenvalue weighted by atomic mass is 35.5. The van der Waals surface area contributed by atoms with Crippen LogP contribution in [0.4, 0.5) is 0 Å². The number of nitrogens with one attached hydrogen (secondary N) is 1. The van der Waals surface area contributed by atoms with Crippen LogP contribution in [0.2, 0.25) is 5.02 Å². The number of thiophene rings is 1. The molecule has 0 radical (unpaired) electrons. The molecule has 2 aromatic rings. The highest BCUT2D eigenvalue weighted by Gasteiger charge is 2.25. The highest BCUT2D eigenvalue weighted by Crippen LogP contribution is 2.29. The van der Waals surface area contributed by atoms with Gasteiger partial charge in [0.25, 0.3) is 5.91 Å². The van der Waals surface area contributed by atoms with Gasteiger partial charge in [0.1, 0.15) is 0 Å². The van der Waals surface area contributed by atoms with Gasteiger partial charge >= 0.3 is 0 Å². The van der Waals surface area contributed by atoms with Gasteiger partial charge in [-0.3, -0.25) is 9.69 Å². The van der Waals surface area contributed by atoms with E-state index in [-0.39, 0.29) is 11.9 Å². The molecule has 1 aromatic carbocycles. The summed E-state index contributed by atoms with van der Waals surface area (Å²) in [4.78, 5) is 15.4. The zero-order valence-electron chi connectivity index (χ0n) is 12.3. The summed E-state index contributed by atoms with van der Waals surface area (Å²) >= 11 is 7.84. The molecule has 1 fully saturated rings.